The Morgan fingerprint density at radius 3 is 2.22 bits per heavy atom. The Hall–Kier alpha value is -0.860. The first-order valence-corrected chi connectivity index (χ1v) is 9.60. The lowest BCUT2D eigenvalue weighted by atomic mass is 10.1. The zero-order valence-electron chi connectivity index (χ0n) is 15.3. The van der Waals surface area contributed by atoms with Crippen LogP contribution in [-0.2, 0) is 16.1 Å². The van der Waals surface area contributed by atoms with Crippen LogP contribution in [0.25, 0.3) is 0 Å². The van der Waals surface area contributed by atoms with Crippen molar-refractivity contribution in [3.63, 3.8) is 0 Å². The van der Waals surface area contributed by atoms with E-state index in [0.717, 1.165) is 6.42 Å². The van der Waals surface area contributed by atoms with Crippen LogP contribution in [0.2, 0.25) is 0 Å². The minimum atomic E-state index is 0.408. The molecule has 0 spiro atoms. The van der Waals surface area contributed by atoms with Crippen molar-refractivity contribution in [3.8, 4) is 0 Å². The third-order valence-electron chi connectivity index (χ3n) is 4.28. The summed E-state index contributed by atoms with van der Waals surface area (Å²) in [7, 11) is 0. The Morgan fingerprint density at radius 1 is 0.826 bits per heavy atom. The summed E-state index contributed by atoms with van der Waals surface area (Å²) in [5, 5.41) is 0. The smallest absolute Gasteiger partial charge is 0.0718 e. The van der Waals surface area contributed by atoms with Gasteiger partial charge in [0.25, 0.3) is 0 Å². The normalized spacial score (nSPS) is 12.4. The quantitative estimate of drug-likeness (QED) is 0.361. The largest absolute Gasteiger partial charge is 0.376 e. The molecule has 0 bridgehead atoms. The molecule has 0 aliphatic carbocycles. The predicted molar refractivity (Wildman–Crippen MR) is 98.7 cm³/mol. The minimum absolute atomic E-state index is 0.408. The molecule has 0 N–H and O–H groups in total. The van der Waals surface area contributed by atoms with E-state index in [2.05, 4.69) is 26.0 Å². The summed E-state index contributed by atoms with van der Waals surface area (Å²) in [6, 6.07) is 10.3. The van der Waals surface area contributed by atoms with Crippen LogP contribution in [0.4, 0.5) is 0 Å². The van der Waals surface area contributed by atoms with Gasteiger partial charge >= 0.3 is 0 Å². The van der Waals surface area contributed by atoms with E-state index in [1.54, 1.807) is 0 Å². The van der Waals surface area contributed by atoms with Gasteiger partial charge in [-0.2, -0.15) is 0 Å². The molecule has 1 atom stereocenters. The summed E-state index contributed by atoms with van der Waals surface area (Å²) in [6.07, 6.45) is 12.3. The van der Waals surface area contributed by atoms with Crippen LogP contribution in [-0.4, -0.2) is 19.3 Å². The van der Waals surface area contributed by atoms with E-state index in [9.17, 15) is 0 Å². The standard InChI is InChI=1S/C21H36O2/c1-3-5-6-7-8-9-13-16-21(4-2)23-18-17-22-19-20-14-11-10-12-15-20/h10-12,14-15,21H,3-9,13,16-19H2,1-2H3. The van der Waals surface area contributed by atoms with Crippen molar-refractivity contribution in [1.29, 1.82) is 0 Å². The molecule has 0 fully saturated rings. The van der Waals surface area contributed by atoms with Gasteiger partial charge in [0.1, 0.15) is 0 Å². The SMILES string of the molecule is CCCCCCCCCC(CC)OCCOCc1ccccc1. The molecule has 1 unspecified atom stereocenters. The van der Waals surface area contributed by atoms with Crippen molar-refractivity contribution in [3.05, 3.63) is 35.9 Å². The van der Waals surface area contributed by atoms with Gasteiger partial charge in [-0.05, 0) is 18.4 Å². The van der Waals surface area contributed by atoms with E-state index in [-0.39, 0.29) is 0 Å². The summed E-state index contributed by atoms with van der Waals surface area (Å²) in [6.45, 7) is 6.56. The molecule has 0 radical (unpaired) electrons. The average molecular weight is 321 g/mol. The van der Waals surface area contributed by atoms with E-state index in [4.69, 9.17) is 9.47 Å². The number of ether oxygens (including phenoxy) is 2. The van der Waals surface area contributed by atoms with Crippen LogP contribution in [0.5, 0.6) is 0 Å². The highest BCUT2D eigenvalue weighted by Gasteiger charge is 2.06. The highest BCUT2D eigenvalue weighted by molar-refractivity contribution is 5.13. The first-order chi connectivity index (χ1) is 11.4. The average Bonchev–Trinajstić information content (AvgIpc) is 2.59. The monoisotopic (exact) mass is 320 g/mol. The molecule has 2 nitrogen and oxygen atoms in total. The van der Waals surface area contributed by atoms with Gasteiger partial charge in [-0.1, -0.05) is 89.1 Å². The predicted octanol–water partition coefficient (Wildman–Crippen LogP) is 6.14. The molecular formula is C21H36O2. The summed E-state index contributed by atoms with van der Waals surface area (Å²) >= 11 is 0. The Morgan fingerprint density at radius 2 is 1.52 bits per heavy atom. The van der Waals surface area contributed by atoms with Crippen molar-refractivity contribution in [2.24, 2.45) is 0 Å². The fourth-order valence-electron chi connectivity index (χ4n) is 2.77. The molecule has 1 aromatic rings. The molecule has 1 rings (SSSR count). The van der Waals surface area contributed by atoms with Gasteiger partial charge in [0.2, 0.25) is 0 Å². The molecule has 2 heteroatoms. The van der Waals surface area contributed by atoms with Crippen molar-refractivity contribution in [2.75, 3.05) is 13.2 Å². The topological polar surface area (TPSA) is 18.5 Å². The lowest BCUT2D eigenvalue weighted by Crippen LogP contribution is -2.15. The van der Waals surface area contributed by atoms with Crippen LogP contribution in [0, 0.1) is 0 Å². The van der Waals surface area contributed by atoms with Gasteiger partial charge in [0.15, 0.2) is 0 Å². The van der Waals surface area contributed by atoms with Crippen molar-refractivity contribution in [2.45, 2.75) is 84.3 Å². The highest BCUT2D eigenvalue weighted by atomic mass is 16.5. The second-order valence-electron chi connectivity index (χ2n) is 6.35. The van der Waals surface area contributed by atoms with E-state index >= 15 is 0 Å². The van der Waals surface area contributed by atoms with Gasteiger partial charge in [0.05, 0.1) is 25.9 Å². The Labute approximate surface area is 143 Å². The minimum Gasteiger partial charge on any atom is -0.376 e. The number of unbranched alkanes of at least 4 members (excludes halogenated alkanes) is 6. The van der Waals surface area contributed by atoms with Gasteiger partial charge in [-0.15, -0.1) is 0 Å². The van der Waals surface area contributed by atoms with Crippen molar-refractivity contribution < 1.29 is 9.47 Å². The molecule has 0 saturated carbocycles. The van der Waals surface area contributed by atoms with Gasteiger partial charge in [-0.25, -0.2) is 0 Å². The summed E-state index contributed by atoms with van der Waals surface area (Å²) in [5.74, 6) is 0. The van der Waals surface area contributed by atoms with Crippen LogP contribution in [0.1, 0.15) is 77.2 Å². The second kappa shape index (κ2) is 14.7. The van der Waals surface area contributed by atoms with Crippen molar-refractivity contribution in [1.82, 2.24) is 0 Å². The lowest BCUT2D eigenvalue weighted by Gasteiger charge is -2.16. The van der Waals surface area contributed by atoms with E-state index in [0.29, 0.717) is 25.9 Å². The molecule has 0 aromatic heterocycles. The molecule has 0 amide bonds. The fourth-order valence-corrected chi connectivity index (χ4v) is 2.77. The lowest BCUT2D eigenvalue weighted by molar-refractivity contribution is -0.00516. The van der Waals surface area contributed by atoms with E-state index in [1.807, 2.05) is 18.2 Å². The van der Waals surface area contributed by atoms with Crippen LogP contribution in [0.3, 0.4) is 0 Å². The Bertz CT molecular complexity index is 350. The van der Waals surface area contributed by atoms with Crippen LogP contribution < -0.4 is 0 Å². The highest BCUT2D eigenvalue weighted by Crippen LogP contribution is 2.13. The zero-order chi connectivity index (χ0) is 16.6. The third kappa shape index (κ3) is 11.3. The number of hydrogen-bond acceptors (Lipinski definition) is 2. The van der Waals surface area contributed by atoms with E-state index < -0.39 is 0 Å². The number of hydrogen-bond donors (Lipinski definition) is 0. The number of benzene rings is 1. The summed E-state index contributed by atoms with van der Waals surface area (Å²) in [5.41, 5.74) is 1.22. The van der Waals surface area contributed by atoms with Gasteiger partial charge < -0.3 is 9.47 Å². The summed E-state index contributed by atoms with van der Waals surface area (Å²) in [4.78, 5) is 0. The molecule has 0 aliphatic heterocycles. The van der Waals surface area contributed by atoms with Crippen molar-refractivity contribution >= 4 is 0 Å². The molecular weight excluding hydrogens is 284 g/mol. The maximum absolute atomic E-state index is 5.95. The molecule has 0 heterocycles. The van der Waals surface area contributed by atoms with Gasteiger partial charge in [-0.3, -0.25) is 0 Å². The Balaban J connectivity index is 1.94. The maximum atomic E-state index is 5.95. The first-order valence-electron chi connectivity index (χ1n) is 9.60. The maximum Gasteiger partial charge on any atom is 0.0718 e. The third-order valence-corrected chi connectivity index (χ3v) is 4.28. The van der Waals surface area contributed by atoms with E-state index in [1.165, 1.54) is 56.9 Å². The first kappa shape index (κ1) is 20.2. The van der Waals surface area contributed by atoms with Crippen LogP contribution in [0.15, 0.2) is 30.3 Å². The Kier molecular flexibility index (Phi) is 12.9. The molecule has 0 saturated heterocycles. The van der Waals surface area contributed by atoms with Crippen LogP contribution >= 0.6 is 0 Å². The fraction of sp³-hybridized carbons (Fsp3) is 0.714. The molecule has 132 valence electrons. The zero-order valence-corrected chi connectivity index (χ0v) is 15.3. The second-order valence-corrected chi connectivity index (χ2v) is 6.35. The summed E-state index contributed by atoms with van der Waals surface area (Å²) < 4.78 is 11.6. The number of rotatable bonds is 15. The molecule has 0 aliphatic rings. The molecule has 23 heavy (non-hydrogen) atoms. The van der Waals surface area contributed by atoms with Gasteiger partial charge in [0, 0.05) is 0 Å². The molecule has 1 aromatic carbocycles.